The zero-order chi connectivity index (χ0) is 19.1. The minimum absolute atomic E-state index is 0.101. The van der Waals surface area contributed by atoms with Gasteiger partial charge in [-0.05, 0) is 30.3 Å². The molecule has 1 aliphatic heterocycles. The van der Waals surface area contributed by atoms with Crippen LogP contribution in [0.3, 0.4) is 0 Å². The highest BCUT2D eigenvalue weighted by Gasteiger charge is 2.18. The molecule has 0 saturated carbocycles. The van der Waals surface area contributed by atoms with Crippen LogP contribution in [0.4, 0.5) is 10.5 Å². The molecule has 1 aliphatic rings. The lowest BCUT2D eigenvalue weighted by Gasteiger charge is -2.26. The molecule has 1 aromatic carbocycles. The smallest absolute Gasteiger partial charge is 0.322 e. The van der Waals surface area contributed by atoms with E-state index < -0.39 is 0 Å². The van der Waals surface area contributed by atoms with E-state index in [1.54, 1.807) is 17.0 Å². The van der Waals surface area contributed by atoms with Crippen molar-refractivity contribution in [3.63, 3.8) is 0 Å². The molecule has 0 radical (unpaired) electrons. The van der Waals surface area contributed by atoms with Gasteiger partial charge in [-0.2, -0.15) is 0 Å². The molecule has 0 atom stereocenters. The molecule has 1 saturated heterocycles. The van der Waals surface area contributed by atoms with Gasteiger partial charge in [-0.25, -0.2) is 4.79 Å². The van der Waals surface area contributed by atoms with Gasteiger partial charge in [0.25, 0.3) is 0 Å². The number of anilines is 1. The molecule has 2 amide bonds. The number of benzene rings is 1. The van der Waals surface area contributed by atoms with E-state index in [2.05, 4.69) is 5.32 Å². The van der Waals surface area contributed by atoms with Gasteiger partial charge in [0, 0.05) is 42.6 Å². The first kappa shape index (κ1) is 19.7. The van der Waals surface area contributed by atoms with Crippen molar-refractivity contribution >= 4 is 23.3 Å². The summed E-state index contributed by atoms with van der Waals surface area (Å²) in [5.74, 6) is 0. The summed E-state index contributed by atoms with van der Waals surface area (Å²) in [6.45, 7) is 6.10. The Bertz CT molecular complexity index is 743. The lowest BCUT2D eigenvalue weighted by atomic mass is 10.3. The van der Waals surface area contributed by atoms with Crippen molar-refractivity contribution in [3.05, 3.63) is 53.3 Å². The Kier molecular flexibility index (Phi) is 7.15. The number of carbonyl (C=O) groups is 1. The van der Waals surface area contributed by atoms with Gasteiger partial charge in [-0.1, -0.05) is 17.7 Å². The minimum Gasteiger partial charge on any atom is -0.370 e. The second kappa shape index (κ2) is 9.78. The highest BCUT2D eigenvalue weighted by Crippen LogP contribution is 2.16. The van der Waals surface area contributed by atoms with Crippen LogP contribution in [-0.2, 0) is 18.3 Å². The van der Waals surface area contributed by atoms with Crippen molar-refractivity contribution in [2.75, 3.05) is 44.7 Å². The Morgan fingerprint density at radius 1 is 1.30 bits per heavy atom. The van der Waals surface area contributed by atoms with Crippen molar-refractivity contribution in [3.8, 4) is 0 Å². The van der Waals surface area contributed by atoms with Crippen LogP contribution in [-0.4, -0.2) is 54.9 Å². The topological polar surface area (TPSA) is 50.9 Å². The molecule has 146 valence electrons. The number of nitrogens with zero attached hydrogens (tertiary/aromatic N) is 2. The highest BCUT2D eigenvalue weighted by atomic mass is 35.5. The number of quaternary nitrogens is 1. The van der Waals surface area contributed by atoms with Gasteiger partial charge in [0.05, 0.1) is 26.3 Å². The average molecular weight is 392 g/mol. The molecule has 2 aromatic rings. The van der Waals surface area contributed by atoms with Crippen LogP contribution in [0, 0.1) is 0 Å². The van der Waals surface area contributed by atoms with Crippen LogP contribution < -0.4 is 10.2 Å². The normalized spacial score (nSPS) is 14.9. The molecule has 6 nitrogen and oxygen atoms in total. The Balaban J connectivity index is 1.61. The van der Waals surface area contributed by atoms with E-state index >= 15 is 0 Å². The van der Waals surface area contributed by atoms with Crippen LogP contribution in [0.15, 0.2) is 42.6 Å². The van der Waals surface area contributed by atoms with Crippen molar-refractivity contribution in [1.82, 2.24) is 9.47 Å². The van der Waals surface area contributed by atoms with Crippen LogP contribution in [0.5, 0.6) is 0 Å². The fourth-order valence-electron chi connectivity index (χ4n) is 3.31. The van der Waals surface area contributed by atoms with E-state index in [0.717, 1.165) is 45.0 Å². The fourth-order valence-corrected chi connectivity index (χ4v) is 3.50. The first-order valence-corrected chi connectivity index (χ1v) is 9.82. The van der Waals surface area contributed by atoms with E-state index in [0.29, 0.717) is 23.8 Å². The van der Waals surface area contributed by atoms with Gasteiger partial charge in [0.1, 0.15) is 13.1 Å². The lowest BCUT2D eigenvalue weighted by molar-refractivity contribution is -0.908. The zero-order valence-corrected chi connectivity index (χ0v) is 16.5. The molecule has 0 bridgehead atoms. The van der Waals surface area contributed by atoms with Crippen LogP contribution >= 0.6 is 11.6 Å². The Morgan fingerprint density at radius 3 is 2.81 bits per heavy atom. The Morgan fingerprint density at radius 2 is 2.11 bits per heavy atom. The first-order valence-electron chi connectivity index (χ1n) is 9.45. The summed E-state index contributed by atoms with van der Waals surface area (Å²) in [6, 6.07) is 11.2. The van der Waals surface area contributed by atoms with E-state index in [4.69, 9.17) is 16.3 Å². The van der Waals surface area contributed by atoms with Crippen molar-refractivity contribution in [2.24, 2.45) is 7.05 Å². The number of nitrogens with one attached hydrogen (secondary N) is 2. The van der Waals surface area contributed by atoms with E-state index in [1.165, 1.54) is 0 Å². The van der Waals surface area contributed by atoms with E-state index in [9.17, 15) is 4.79 Å². The number of rotatable bonds is 7. The summed E-state index contributed by atoms with van der Waals surface area (Å²) in [6.07, 6.45) is 2.96. The summed E-state index contributed by atoms with van der Waals surface area (Å²) in [4.78, 5) is 16.3. The summed E-state index contributed by atoms with van der Waals surface area (Å²) in [5.41, 5.74) is 1.82. The number of amides is 2. The number of ether oxygens (including phenoxy) is 1. The molecule has 0 aliphatic carbocycles. The maximum absolute atomic E-state index is 12.9. The van der Waals surface area contributed by atoms with Crippen LogP contribution in [0.25, 0.3) is 0 Å². The second-order valence-electron chi connectivity index (χ2n) is 6.94. The number of hydrogen-bond acceptors (Lipinski definition) is 2. The molecule has 2 heterocycles. The van der Waals surface area contributed by atoms with Gasteiger partial charge in [-0.3, -0.25) is 0 Å². The third-order valence-electron chi connectivity index (χ3n) is 4.93. The monoisotopic (exact) mass is 391 g/mol. The quantitative estimate of drug-likeness (QED) is 0.758. The fraction of sp³-hybridized carbons (Fsp3) is 0.450. The van der Waals surface area contributed by atoms with E-state index in [1.807, 2.05) is 47.0 Å². The second-order valence-corrected chi connectivity index (χ2v) is 7.37. The van der Waals surface area contributed by atoms with Gasteiger partial charge in [-0.15, -0.1) is 0 Å². The van der Waals surface area contributed by atoms with Crippen LogP contribution in [0.1, 0.15) is 12.1 Å². The number of aromatic nitrogens is 1. The first-order chi connectivity index (χ1) is 13.1. The Labute approximate surface area is 165 Å². The predicted molar refractivity (Wildman–Crippen MR) is 107 cm³/mol. The SMILES string of the molecule is Cn1cccc1CN(CCC[NH+]1CCOCC1)C(=O)Nc1cccc(Cl)c1. The van der Waals surface area contributed by atoms with E-state index in [-0.39, 0.29) is 6.03 Å². The molecule has 1 fully saturated rings. The van der Waals surface area contributed by atoms with Gasteiger partial charge in [0.2, 0.25) is 0 Å². The lowest BCUT2D eigenvalue weighted by Crippen LogP contribution is -3.14. The summed E-state index contributed by atoms with van der Waals surface area (Å²) < 4.78 is 7.46. The zero-order valence-electron chi connectivity index (χ0n) is 15.8. The number of aryl methyl sites for hydroxylation is 1. The molecular formula is C20H28ClN4O2+. The number of hydrogen-bond donors (Lipinski definition) is 2. The van der Waals surface area contributed by atoms with Crippen molar-refractivity contribution in [1.29, 1.82) is 0 Å². The van der Waals surface area contributed by atoms with Gasteiger partial charge >= 0.3 is 6.03 Å². The molecule has 3 rings (SSSR count). The maximum Gasteiger partial charge on any atom is 0.322 e. The van der Waals surface area contributed by atoms with Gasteiger partial charge in [0.15, 0.2) is 0 Å². The average Bonchev–Trinajstić information content (AvgIpc) is 3.06. The molecule has 27 heavy (non-hydrogen) atoms. The van der Waals surface area contributed by atoms with Gasteiger partial charge < -0.3 is 24.4 Å². The molecule has 7 heteroatoms. The summed E-state index contributed by atoms with van der Waals surface area (Å²) in [7, 11) is 2.00. The van der Waals surface area contributed by atoms with Crippen molar-refractivity contribution < 1.29 is 14.4 Å². The standard InChI is InChI=1S/C20H27ClN4O2/c1-23-8-3-7-19(23)16-25(10-4-9-24-11-13-27-14-12-24)20(26)22-18-6-2-5-17(21)15-18/h2-3,5-8,15H,4,9-14,16H2,1H3,(H,22,26)/p+1. The van der Waals surface area contributed by atoms with Crippen molar-refractivity contribution in [2.45, 2.75) is 13.0 Å². The molecule has 2 N–H and O–H groups in total. The number of morpholine rings is 1. The Hall–Kier alpha value is -2.02. The predicted octanol–water partition coefficient (Wildman–Crippen LogP) is 2.02. The third kappa shape index (κ3) is 5.99. The molecule has 1 aromatic heterocycles. The minimum atomic E-state index is -0.101. The number of carbonyl (C=O) groups excluding carboxylic acids is 1. The van der Waals surface area contributed by atoms with Crippen LogP contribution in [0.2, 0.25) is 5.02 Å². The summed E-state index contributed by atoms with van der Waals surface area (Å²) >= 11 is 6.03. The largest absolute Gasteiger partial charge is 0.370 e. The highest BCUT2D eigenvalue weighted by molar-refractivity contribution is 6.30. The number of halogens is 1. The summed E-state index contributed by atoms with van der Waals surface area (Å²) in [5, 5.41) is 3.58. The molecule has 0 spiro atoms. The number of urea groups is 1. The third-order valence-corrected chi connectivity index (χ3v) is 5.16. The molecular weight excluding hydrogens is 364 g/mol. The maximum atomic E-state index is 12.9. The molecule has 0 unspecified atom stereocenters.